The standard InChI is InChI=1S/C18H30N4O2.C17H29N3O2.C16H23N5O.C16H26N4O.C16H22N4O/c19-16-3-4-17-18(15-16)24-14-11-22(17)8-2-6-20-5-1-7-21-9-12-23-13-10-21;1-19(2)9-12-21-11-5-3-4-8-20-10-13-22-17-14-15(18)6-7-16(17)20;17-14-2-3-15-16(12-14)22-11-10-21(15)9-6-18-4-1-7-20-8-5-19-13-20;1-18(2)14-5-6-19(12-14)7-8-20-9-10-21-16-11-13(17)3-4-15(16)20;17-14-4-5-15-16(12-14)21-11-10-20(15)8-3-1-2-7-19-9-6-18-13-19/h3-4,15,20H,1-2,5-14,19H2;6-7,14H,3-5,8-13,18H2,1-2H3;2-3,5,8,12-13,18H,1,4,6-7,9-11,17H2;3-4,11,14H,5-10,12,17H2,1-2H3;4-6,9,12-13H,1-3,7-8,10-11,17H2. The van der Waals surface area contributed by atoms with Gasteiger partial charge in [0.2, 0.25) is 0 Å². The molecule has 9 heterocycles. The van der Waals surface area contributed by atoms with E-state index >= 15 is 0 Å². The number of aromatic nitrogens is 4. The number of likely N-dealkylation sites (tertiary alicyclic amines) is 1. The Bertz CT molecular complexity index is 3700. The first-order valence-electron chi connectivity index (χ1n) is 40.4. The lowest BCUT2D eigenvalue weighted by molar-refractivity contribution is 0.0374. The first-order valence-corrected chi connectivity index (χ1v) is 40.4. The predicted octanol–water partition coefficient (Wildman–Crippen LogP) is 8.37. The van der Waals surface area contributed by atoms with Crippen molar-refractivity contribution in [2.24, 2.45) is 0 Å². The SMILES string of the molecule is CN(C)C1CCN(CCN2CCOc3cc(N)ccc32)C1.CN(C)CCOCCCCCN1CCOc2cc(N)ccc21.Nc1ccc2c(c1)OCCN2CCCCCn1ccnc1.Nc1ccc2c(c1)OCCN2CCCNCCCN1CCOCC1.Nc1ccc2c(c1)OCCN2CCNCCCn1ccnc1. The molecule has 1 unspecified atom stereocenters. The number of likely N-dealkylation sites (N-methyl/N-ethyl adjacent to an activating group) is 2. The average Bonchev–Trinajstić information content (AvgIpc) is 1.02. The highest BCUT2D eigenvalue weighted by Crippen LogP contribution is 2.38. The van der Waals surface area contributed by atoms with E-state index in [0.29, 0.717) is 6.04 Å². The number of rotatable bonds is 34. The van der Waals surface area contributed by atoms with E-state index in [1.54, 1.807) is 0 Å². The molecular weight excluding hydrogens is 1390 g/mol. The van der Waals surface area contributed by atoms with Crippen molar-refractivity contribution in [2.75, 3.05) is 278 Å². The van der Waals surface area contributed by atoms with Crippen LogP contribution in [0.1, 0.15) is 64.2 Å². The van der Waals surface area contributed by atoms with Crippen LogP contribution in [0.5, 0.6) is 28.7 Å². The molecule has 27 heteroatoms. The molecule has 0 radical (unpaired) electrons. The van der Waals surface area contributed by atoms with Crippen molar-refractivity contribution >= 4 is 56.9 Å². The number of anilines is 10. The summed E-state index contributed by atoms with van der Waals surface area (Å²) in [7, 11) is 8.49. The number of hydrogen-bond acceptors (Lipinski definition) is 25. The molecule has 2 fully saturated rings. The van der Waals surface area contributed by atoms with Crippen LogP contribution in [0.15, 0.2) is 128 Å². The topological polar surface area (TPSA) is 284 Å². The molecule has 7 aliphatic heterocycles. The van der Waals surface area contributed by atoms with Crippen molar-refractivity contribution in [1.29, 1.82) is 0 Å². The minimum atomic E-state index is 0.710. The molecule has 0 amide bonds. The lowest BCUT2D eigenvalue weighted by atomic mass is 10.2. The molecule has 7 aliphatic rings. The summed E-state index contributed by atoms with van der Waals surface area (Å²) in [4.78, 5) is 29.6. The Kier molecular flexibility index (Phi) is 35.1. The molecule has 12 N–H and O–H groups in total. The number of ether oxygens (including phenoxy) is 7. The Labute approximate surface area is 655 Å². The highest BCUT2D eigenvalue weighted by Gasteiger charge is 2.27. The van der Waals surface area contributed by atoms with E-state index in [-0.39, 0.29) is 0 Å². The van der Waals surface area contributed by atoms with Crippen LogP contribution in [0.25, 0.3) is 0 Å². The summed E-state index contributed by atoms with van der Waals surface area (Å²) in [5, 5.41) is 7.06. The normalized spacial score (nSPS) is 16.5. The quantitative estimate of drug-likeness (QED) is 0.0147. The monoisotopic (exact) mass is 1520 g/mol. The fourth-order valence-corrected chi connectivity index (χ4v) is 14.5. The number of nitrogens with two attached hydrogens (primary N) is 5. The molecule has 27 nitrogen and oxygen atoms in total. The van der Waals surface area contributed by atoms with Gasteiger partial charge in [-0.1, -0.05) is 0 Å². The van der Waals surface area contributed by atoms with Crippen molar-refractivity contribution in [3.8, 4) is 28.7 Å². The van der Waals surface area contributed by atoms with Gasteiger partial charge < -0.3 is 116 Å². The van der Waals surface area contributed by atoms with Crippen LogP contribution in [0.3, 0.4) is 0 Å². The molecule has 110 heavy (non-hydrogen) atoms. The summed E-state index contributed by atoms with van der Waals surface area (Å²) < 4.78 is 43.7. The van der Waals surface area contributed by atoms with Gasteiger partial charge in [0, 0.05) is 181 Å². The van der Waals surface area contributed by atoms with Gasteiger partial charge in [-0.3, -0.25) is 9.80 Å². The van der Waals surface area contributed by atoms with Crippen molar-refractivity contribution in [1.82, 2.24) is 49.3 Å². The predicted molar refractivity (Wildman–Crippen MR) is 450 cm³/mol. The summed E-state index contributed by atoms with van der Waals surface area (Å²) in [6.07, 6.45) is 23.2. The van der Waals surface area contributed by atoms with Gasteiger partial charge in [0.1, 0.15) is 61.8 Å². The summed E-state index contributed by atoms with van der Waals surface area (Å²) in [6.45, 7) is 31.2. The van der Waals surface area contributed by atoms with Gasteiger partial charge in [-0.25, -0.2) is 9.97 Å². The fraction of sp³-hybridized carbons (Fsp3) is 0.566. The highest BCUT2D eigenvalue weighted by molar-refractivity contribution is 5.69. The number of hydrogen-bond donors (Lipinski definition) is 7. The molecule has 14 rings (SSSR count). The van der Waals surface area contributed by atoms with Gasteiger partial charge in [-0.15, -0.1) is 0 Å². The highest BCUT2D eigenvalue weighted by atomic mass is 16.5. The van der Waals surface area contributed by atoms with Gasteiger partial charge in [0.05, 0.1) is 93.6 Å². The number of imidazole rings is 2. The number of fused-ring (bicyclic) bond motifs is 5. The third-order valence-corrected chi connectivity index (χ3v) is 20.8. The smallest absolute Gasteiger partial charge is 0.144 e. The molecule has 604 valence electrons. The summed E-state index contributed by atoms with van der Waals surface area (Å²) in [5.41, 5.74) is 38.7. The number of benzene rings is 5. The third kappa shape index (κ3) is 28.2. The number of nitrogens with zero attached hydrogens (tertiary/aromatic N) is 13. The second kappa shape index (κ2) is 46.1. The largest absolute Gasteiger partial charge is 0.489 e. The molecule has 0 aliphatic carbocycles. The van der Waals surface area contributed by atoms with E-state index in [2.05, 4.69) is 126 Å². The van der Waals surface area contributed by atoms with Crippen LogP contribution in [0.4, 0.5) is 56.9 Å². The minimum absolute atomic E-state index is 0.710. The third-order valence-electron chi connectivity index (χ3n) is 20.8. The Morgan fingerprint density at radius 3 is 1.21 bits per heavy atom. The zero-order valence-corrected chi connectivity index (χ0v) is 66.5. The van der Waals surface area contributed by atoms with Crippen molar-refractivity contribution in [2.45, 2.75) is 83.3 Å². The van der Waals surface area contributed by atoms with E-state index in [1.807, 2.05) is 104 Å². The van der Waals surface area contributed by atoms with Crippen LogP contribution in [-0.4, -0.2) is 270 Å². The number of morpholine rings is 1. The summed E-state index contributed by atoms with van der Waals surface area (Å²) >= 11 is 0. The minimum Gasteiger partial charge on any atom is -0.489 e. The molecule has 5 aromatic carbocycles. The molecule has 0 saturated carbocycles. The van der Waals surface area contributed by atoms with Crippen molar-refractivity contribution in [3.63, 3.8) is 0 Å². The van der Waals surface area contributed by atoms with Crippen molar-refractivity contribution in [3.05, 3.63) is 128 Å². The zero-order valence-electron chi connectivity index (χ0n) is 66.5. The first kappa shape index (κ1) is 83.7. The van der Waals surface area contributed by atoms with E-state index in [1.165, 1.54) is 87.3 Å². The van der Waals surface area contributed by atoms with E-state index in [4.69, 9.17) is 61.8 Å². The van der Waals surface area contributed by atoms with Crippen LogP contribution in [0, 0.1) is 0 Å². The fourth-order valence-electron chi connectivity index (χ4n) is 14.5. The van der Waals surface area contributed by atoms with Gasteiger partial charge in [0.25, 0.3) is 0 Å². The van der Waals surface area contributed by atoms with Gasteiger partial charge in [-0.2, -0.15) is 0 Å². The maximum absolute atomic E-state index is 5.83. The summed E-state index contributed by atoms with van der Waals surface area (Å²) in [5.74, 6) is 4.57. The lowest BCUT2D eigenvalue weighted by Crippen LogP contribution is -2.39. The van der Waals surface area contributed by atoms with E-state index < -0.39 is 0 Å². The Morgan fingerprint density at radius 2 is 0.782 bits per heavy atom. The number of nitrogens with one attached hydrogen (secondary N) is 2. The number of nitrogen functional groups attached to an aromatic ring is 5. The van der Waals surface area contributed by atoms with Crippen LogP contribution < -0.4 is 87.5 Å². The number of unbranched alkanes of at least 4 members (excludes halogenated alkanes) is 4. The molecule has 1 atom stereocenters. The van der Waals surface area contributed by atoms with Crippen LogP contribution in [0.2, 0.25) is 0 Å². The van der Waals surface area contributed by atoms with E-state index in [9.17, 15) is 0 Å². The summed E-state index contributed by atoms with van der Waals surface area (Å²) in [6, 6.07) is 30.3. The lowest BCUT2D eigenvalue weighted by Gasteiger charge is -2.32. The Balaban J connectivity index is 0.000000146. The Hall–Kier alpha value is -8.80. The molecular formula is C83H130N20O7. The van der Waals surface area contributed by atoms with Crippen molar-refractivity contribution < 1.29 is 33.2 Å². The molecule has 0 spiro atoms. The van der Waals surface area contributed by atoms with Gasteiger partial charge in [-0.05, 0) is 186 Å². The second-order valence-corrected chi connectivity index (χ2v) is 29.7. The average molecular weight is 1520 g/mol. The zero-order chi connectivity index (χ0) is 76.9. The van der Waals surface area contributed by atoms with Crippen LogP contribution in [-0.2, 0) is 22.6 Å². The van der Waals surface area contributed by atoms with Gasteiger partial charge >= 0.3 is 0 Å². The van der Waals surface area contributed by atoms with E-state index in [0.717, 1.165) is 272 Å². The second-order valence-electron chi connectivity index (χ2n) is 29.7. The maximum Gasteiger partial charge on any atom is 0.144 e. The van der Waals surface area contributed by atoms with Crippen LogP contribution >= 0.6 is 0 Å². The Morgan fingerprint density at radius 1 is 0.391 bits per heavy atom. The molecule has 2 aromatic heterocycles. The van der Waals surface area contributed by atoms with Gasteiger partial charge in [0.15, 0.2) is 0 Å². The molecule has 0 bridgehead atoms. The molecule has 7 aromatic rings. The molecule has 2 saturated heterocycles. The number of aryl methyl sites for hydroxylation is 2. The maximum atomic E-state index is 5.83. The first-order chi connectivity index (χ1) is 53.8.